The summed E-state index contributed by atoms with van der Waals surface area (Å²) in [4.78, 5) is 10.8. The lowest BCUT2D eigenvalue weighted by molar-refractivity contribution is -0.143. The Morgan fingerprint density at radius 1 is 1.44 bits per heavy atom. The Morgan fingerprint density at radius 2 is 2.06 bits per heavy atom. The number of carboxylic acids is 1. The largest absolute Gasteiger partial charge is 0.480 e. The maximum Gasteiger partial charge on any atom is 0.401 e. The number of carboxylic acid groups (broad SMARTS) is 1. The van der Waals surface area contributed by atoms with Crippen LogP contribution in [-0.4, -0.2) is 23.8 Å². The van der Waals surface area contributed by atoms with E-state index in [0.29, 0.717) is 0 Å². The summed E-state index contributed by atoms with van der Waals surface area (Å²) in [6, 6.07) is 1.67. The van der Waals surface area contributed by atoms with E-state index in [1.165, 1.54) is 12.1 Å². The zero-order valence-corrected chi connectivity index (χ0v) is 9.52. The quantitative estimate of drug-likeness (QED) is 0.836. The summed E-state index contributed by atoms with van der Waals surface area (Å²) in [6.07, 6.45) is -4.59. The van der Waals surface area contributed by atoms with Crippen molar-refractivity contribution in [3.05, 3.63) is 34.6 Å². The van der Waals surface area contributed by atoms with Crippen molar-refractivity contribution >= 4 is 17.6 Å². The Labute approximate surface area is 104 Å². The normalized spacial score (nSPS) is 13.4. The maximum absolute atomic E-state index is 13.5. The minimum Gasteiger partial charge on any atom is -0.480 e. The molecule has 8 heteroatoms. The van der Waals surface area contributed by atoms with E-state index in [1.54, 1.807) is 5.32 Å². The van der Waals surface area contributed by atoms with Crippen LogP contribution < -0.4 is 5.32 Å². The van der Waals surface area contributed by atoms with E-state index in [1.807, 2.05) is 0 Å². The van der Waals surface area contributed by atoms with Gasteiger partial charge in [-0.05, 0) is 6.07 Å². The molecule has 0 amide bonds. The summed E-state index contributed by atoms with van der Waals surface area (Å²) in [6.45, 7) is -1.55. The SMILES string of the molecule is O=C(O)C(NCC(F)(F)F)c1cccc(Cl)c1F. The van der Waals surface area contributed by atoms with Crippen LogP contribution in [0.25, 0.3) is 0 Å². The summed E-state index contributed by atoms with van der Waals surface area (Å²) >= 11 is 5.43. The second-order valence-electron chi connectivity index (χ2n) is 3.41. The lowest BCUT2D eigenvalue weighted by atomic mass is 10.1. The number of carbonyl (C=O) groups is 1. The number of aliphatic carboxylic acids is 1. The van der Waals surface area contributed by atoms with Crippen LogP contribution in [0.2, 0.25) is 5.02 Å². The predicted octanol–water partition coefficient (Wildman–Crippen LogP) is 2.76. The number of rotatable bonds is 4. The molecule has 1 rings (SSSR count). The summed E-state index contributed by atoms with van der Waals surface area (Å²) in [5.41, 5.74) is -0.445. The first-order valence-electron chi connectivity index (χ1n) is 4.69. The Balaban J connectivity index is 2.99. The van der Waals surface area contributed by atoms with Gasteiger partial charge < -0.3 is 5.11 Å². The van der Waals surface area contributed by atoms with Crippen molar-refractivity contribution in [2.24, 2.45) is 0 Å². The molecule has 0 fully saturated rings. The highest BCUT2D eigenvalue weighted by atomic mass is 35.5. The molecule has 0 radical (unpaired) electrons. The first kappa shape index (κ1) is 14.7. The topological polar surface area (TPSA) is 49.3 Å². The molecule has 2 N–H and O–H groups in total. The highest BCUT2D eigenvalue weighted by Crippen LogP contribution is 2.24. The Morgan fingerprint density at radius 3 is 2.56 bits per heavy atom. The fraction of sp³-hybridized carbons (Fsp3) is 0.300. The summed E-state index contributed by atoms with van der Waals surface area (Å²) in [5, 5.41) is 10.2. The Bertz CT molecular complexity index is 450. The van der Waals surface area contributed by atoms with E-state index in [2.05, 4.69) is 0 Å². The molecule has 0 spiro atoms. The zero-order chi connectivity index (χ0) is 13.9. The molecular formula is C10H8ClF4NO2. The van der Waals surface area contributed by atoms with Gasteiger partial charge in [0.1, 0.15) is 11.9 Å². The number of benzene rings is 1. The van der Waals surface area contributed by atoms with Crippen molar-refractivity contribution in [1.29, 1.82) is 0 Å². The first-order chi connectivity index (χ1) is 8.22. The van der Waals surface area contributed by atoms with Crippen molar-refractivity contribution in [3.8, 4) is 0 Å². The lowest BCUT2D eigenvalue weighted by Gasteiger charge is -2.17. The van der Waals surface area contributed by atoms with Gasteiger partial charge in [0.2, 0.25) is 0 Å². The van der Waals surface area contributed by atoms with Gasteiger partial charge in [-0.25, -0.2) is 4.39 Å². The minimum absolute atomic E-state index is 0.354. The van der Waals surface area contributed by atoms with Gasteiger partial charge in [0.05, 0.1) is 11.6 Å². The molecule has 1 unspecified atom stereocenters. The van der Waals surface area contributed by atoms with E-state index in [9.17, 15) is 22.4 Å². The average Bonchev–Trinajstić information content (AvgIpc) is 2.22. The van der Waals surface area contributed by atoms with Crippen LogP contribution in [-0.2, 0) is 4.79 Å². The van der Waals surface area contributed by atoms with Crippen molar-refractivity contribution in [1.82, 2.24) is 5.32 Å². The summed E-state index contributed by atoms with van der Waals surface area (Å²) < 4.78 is 49.5. The van der Waals surface area contributed by atoms with Gasteiger partial charge in [0, 0.05) is 5.56 Å². The van der Waals surface area contributed by atoms with Crippen molar-refractivity contribution in [3.63, 3.8) is 0 Å². The van der Waals surface area contributed by atoms with Crippen molar-refractivity contribution in [2.75, 3.05) is 6.54 Å². The molecule has 100 valence electrons. The second-order valence-corrected chi connectivity index (χ2v) is 3.82. The fourth-order valence-corrected chi connectivity index (χ4v) is 1.47. The van der Waals surface area contributed by atoms with Crippen LogP contribution >= 0.6 is 11.6 Å². The van der Waals surface area contributed by atoms with Crippen molar-refractivity contribution < 1.29 is 27.5 Å². The lowest BCUT2D eigenvalue weighted by Crippen LogP contribution is -2.36. The van der Waals surface area contributed by atoms with Crippen LogP contribution in [0.15, 0.2) is 18.2 Å². The molecule has 0 aliphatic rings. The number of alkyl halides is 3. The molecular weight excluding hydrogens is 278 g/mol. The molecule has 0 aromatic heterocycles. The number of hydrogen-bond acceptors (Lipinski definition) is 2. The molecule has 3 nitrogen and oxygen atoms in total. The standard InChI is InChI=1S/C10H8ClF4NO2/c11-6-3-1-2-5(7(6)12)8(9(17)18)16-4-10(13,14)15/h1-3,8,16H,4H2,(H,17,18). The van der Waals surface area contributed by atoms with Crippen LogP contribution in [0.4, 0.5) is 17.6 Å². The van der Waals surface area contributed by atoms with Gasteiger partial charge in [0.15, 0.2) is 0 Å². The van der Waals surface area contributed by atoms with E-state index < -0.39 is 36.1 Å². The van der Waals surface area contributed by atoms with Crippen LogP contribution in [0.5, 0.6) is 0 Å². The van der Waals surface area contributed by atoms with Gasteiger partial charge in [-0.2, -0.15) is 13.2 Å². The van der Waals surface area contributed by atoms with E-state index in [4.69, 9.17) is 16.7 Å². The maximum atomic E-state index is 13.5. The highest BCUT2D eigenvalue weighted by molar-refractivity contribution is 6.30. The fourth-order valence-electron chi connectivity index (χ4n) is 1.29. The molecule has 0 saturated heterocycles. The first-order valence-corrected chi connectivity index (χ1v) is 5.07. The average molecular weight is 286 g/mol. The number of nitrogens with one attached hydrogen (secondary N) is 1. The summed E-state index contributed by atoms with van der Waals surface area (Å²) in [5.74, 6) is -2.68. The smallest absolute Gasteiger partial charge is 0.401 e. The highest BCUT2D eigenvalue weighted by Gasteiger charge is 2.32. The monoisotopic (exact) mass is 285 g/mol. The van der Waals surface area contributed by atoms with E-state index >= 15 is 0 Å². The molecule has 1 aromatic rings. The van der Waals surface area contributed by atoms with Crippen LogP contribution in [0.1, 0.15) is 11.6 Å². The molecule has 0 aliphatic carbocycles. The third-order valence-electron chi connectivity index (χ3n) is 2.05. The molecule has 0 heterocycles. The van der Waals surface area contributed by atoms with Gasteiger partial charge in [-0.1, -0.05) is 23.7 Å². The third kappa shape index (κ3) is 3.85. The molecule has 0 bridgehead atoms. The van der Waals surface area contributed by atoms with Gasteiger partial charge >= 0.3 is 12.1 Å². The molecule has 0 saturated carbocycles. The number of halogens is 5. The van der Waals surface area contributed by atoms with Gasteiger partial charge in [0.25, 0.3) is 0 Å². The summed E-state index contributed by atoms with van der Waals surface area (Å²) in [7, 11) is 0. The molecule has 1 aromatic carbocycles. The third-order valence-corrected chi connectivity index (χ3v) is 2.34. The van der Waals surface area contributed by atoms with Gasteiger partial charge in [-0.3, -0.25) is 10.1 Å². The zero-order valence-electron chi connectivity index (χ0n) is 8.76. The minimum atomic E-state index is -4.59. The van der Waals surface area contributed by atoms with Crippen molar-refractivity contribution in [2.45, 2.75) is 12.2 Å². The van der Waals surface area contributed by atoms with E-state index in [-0.39, 0.29) is 5.02 Å². The molecule has 18 heavy (non-hydrogen) atoms. The van der Waals surface area contributed by atoms with Gasteiger partial charge in [-0.15, -0.1) is 0 Å². The number of hydrogen-bond donors (Lipinski definition) is 2. The van der Waals surface area contributed by atoms with Crippen LogP contribution in [0, 0.1) is 5.82 Å². The van der Waals surface area contributed by atoms with Crippen LogP contribution in [0.3, 0.4) is 0 Å². The molecule has 0 aliphatic heterocycles. The van der Waals surface area contributed by atoms with E-state index in [0.717, 1.165) is 6.07 Å². The predicted molar refractivity (Wildman–Crippen MR) is 55.8 cm³/mol. The Kier molecular flexibility index (Phi) is 4.53. The molecule has 1 atom stereocenters. The Hall–Kier alpha value is -1.34. The second kappa shape index (κ2) is 5.53.